The summed E-state index contributed by atoms with van der Waals surface area (Å²) in [4.78, 5) is 23.3. The molecule has 0 bridgehead atoms. The fraction of sp³-hybridized carbons (Fsp3) is 0.762. The molecule has 0 aromatic carbocycles. The van der Waals surface area contributed by atoms with Crippen LogP contribution in [0.2, 0.25) is 0 Å². The van der Waals surface area contributed by atoms with Gasteiger partial charge in [0.1, 0.15) is 5.82 Å². The zero-order valence-corrected chi connectivity index (χ0v) is 17.4. The number of hydrogen-bond acceptors (Lipinski definition) is 6. The molecule has 0 radical (unpaired) electrons. The Morgan fingerprint density at radius 3 is 2.75 bits per heavy atom. The summed E-state index contributed by atoms with van der Waals surface area (Å²) in [5, 5.41) is 3.34. The molecule has 3 fully saturated rings. The summed E-state index contributed by atoms with van der Waals surface area (Å²) >= 11 is 0. The average Bonchev–Trinajstić information content (AvgIpc) is 3.35. The van der Waals surface area contributed by atoms with E-state index in [4.69, 9.17) is 9.47 Å². The van der Waals surface area contributed by atoms with E-state index in [9.17, 15) is 4.79 Å². The van der Waals surface area contributed by atoms with Gasteiger partial charge in [-0.25, -0.2) is 14.8 Å². The van der Waals surface area contributed by atoms with Crippen LogP contribution in [0, 0.1) is 12.8 Å². The molecule has 1 aromatic heterocycles. The first-order valence-corrected chi connectivity index (χ1v) is 10.4. The van der Waals surface area contributed by atoms with E-state index in [0.717, 1.165) is 37.1 Å². The van der Waals surface area contributed by atoms with Crippen molar-refractivity contribution in [3.63, 3.8) is 0 Å². The predicted octanol–water partition coefficient (Wildman–Crippen LogP) is 2.43. The van der Waals surface area contributed by atoms with Crippen molar-refractivity contribution < 1.29 is 14.3 Å². The largest absolute Gasteiger partial charge is 0.453 e. The number of methoxy groups -OCH3 is 1. The predicted molar refractivity (Wildman–Crippen MR) is 105 cm³/mol. The minimum absolute atomic E-state index is 0.0127. The fourth-order valence-corrected chi connectivity index (χ4v) is 5.36. The van der Waals surface area contributed by atoms with Gasteiger partial charge in [-0.05, 0) is 64.5 Å². The van der Waals surface area contributed by atoms with E-state index in [2.05, 4.69) is 22.2 Å². The number of aryl methyl sites for hydroxylation is 1. The van der Waals surface area contributed by atoms with Gasteiger partial charge < -0.3 is 14.8 Å². The van der Waals surface area contributed by atoms with Gasteiger partial charge in [-0.2, -0.15) is 0 Å². The van der Waals surface area contributed by atoms with E-state index >= 15 is 0 Å². The molecule has 2 saturated carbocycles. The lowest BCUT2D eigenvalue weighted by molar-refractivity contribution is -0.0109. The van der Waals surface area contributed by atoms with Gasteiger partial charge in [-0.3, -0.25) is 4.90 Å². The first-order valence-electron chi connectivity index (χ1n) is 10.4. The number of likely N-dealkylation sites (N-methyl/N-ethyl adjacent to an activating group) is 1. The van der Waals surface area contributed by atoms with Crippen LogP contribution in [0.3, 0.4) is 0 Å². The summed E-state index contributed by atoms with van der Waals surface area (Å²) in [6, 6.07) is 0.400. The summed E-state index contributed by atoms with van der Waals surface area (Å²) in [5.74, 6) is 1.63. The molecule has 1 N–H and O–H groups in total. The Morgan fingerprint density at radius 1 is 1.36 bits per heavy atom. The summed E-state index contributed by atoms with van der Waals surface area (Å²) in [6.45, 7) is 4.65. The van der Waals surface area contributed by atoms with E-state index in [-0.39, 0.29) is 35.7 Å². The average molecular weight is 389 g/mol. The number of rotatable bonds is 5. The van der Waals surface area contributed by atoms with Crippen LogP contribution in [0.25, 0.3) is 0 Å². The third-order valence-electron chi connectivity index (χ3n) is 7.07. The minimum atomic E-state index is -0.264. The number of aromatic nitrogens is 2. The molecule has 1 aromatic rings. The number of nitrogens with zero attached hydrogens (tertiary/aromatic N) is 3. The van der Waals surface area contributed by atoms with Crippen LogP contribution in [0.5, 0.6) is 0 Å². The normalized spacial score (nSPS) is 36.9. The van der Waals surface area contributed by atoms with Gasteiger partial charge in [-0.15, -0.1) is 0 Å². The van der Waals surface area contributed by atoms with Gasteiger partial charge in [0.25, 0.3) is 0 Å². The summed E-state index contributed by atoms with van der Waals surface area (Å²) in [7, 11) is 3.40. The van der Waals surface area contributed by atoms with Crippen LogP contribution in [-0.2, 0) is 14.9 Å². The van der Waals surface area contributed by atoms with E-state index in [1.807, 2.05) is 31.3 Å². The number of likely N-dealkylation sites (tertiary alicyclic amines) is 1. The number of carbonyl (C=O) groups is 1. The Labute approximate surface area is 167 Å². The second-order valence-electron chi connectivity index (χ2n) is 8.80. The number of carbonyl (C=O) groups excluding carboxylic acids is 1. The first-order chi connectivity index (χ1) is 13.5. The van der Waals surface area contributed by atoms with Crippen LogP contribution in [0.4, 0.5) is 4.79 Å². The van der Waals surface area contributed by atoms with E-state index < -0.39 is 0 Å². The van der Waals surface area contributed by atoms with Crippen molar-refractivity contribution in [3.8, 4) is 0 Å². The maximum Gasteiger partial charge on any atom is 0.410 e. The molecule has 1 amide bonds. The molecule has 2 aliphatic carbocycles. The molecule has 7 nitrogen and oxygen atoms in total. The lowest BCUT2D eigenvalue weighted by atomic mass is 9.86. The Morgan fingerprint density at radius 2 is 2.11 bits per heavy atom. The molecule has 2 heterocycles. The van der Waals surface area contributed by atoms with E-state index in [0.29, 0.717) is 12.5 Å². The third kappa shape index (κ3) is 3.39. The monoisotopic (exact) mass is 388 g/mol. The number of amides is 1. The molecule has 1 saturated heterocycles. The molecule has 28 heavy (non-hydrogen) atoms. The molecular weight excluding hydrogens is 356 g/mol. The molecule has 1 aliphatic heterocycles. The number of fused-ring (bicyclic) bond motifs is 1. The topological polar surface area (TPSA) is 76.6 Å². The van der Waals surface area contributed by atoms with Gasteiger partial charge in [0.15, 0.2) is 0 Å². The van der Waals surface area contributed by atoms with E-state index in [1.54, 1.807) is 0 Å². The van der Waals surface area contributed by atoms with Crippen LogP contribution < -0.4 is 5.32 Å². The van der Waals surface area contributed by atoms with Crippen molar-refractivity contribution in [2.24, 2.45) is 5.92 Å². The zero-order chi connectivity index (χ0) is 19.9. The molecule has 3 aliphatic rings. The highest BCUT2D eigenvalue weighted by molar-refractivity contribution is 5.69. The molecule has 154 valence electrons. The van der Waals surface area contributed by atoms with Gasteiger partial charge in [0.05, 0.1) is 25.9 Å². The van der Waals surface area contributed by atoms with Crippen LogP contribution in [0.15, 0.2) is 12.4 Å². The maximum absolute atomic E-state index is 12.2. The zero-order valence-electron chi connectivity index (χ0n) is 17.4. The number of ether oxygens (including phenoxy) is 2. The fourth-order valence-electron chi connectivity index (χ4n) is 5.36. The first kappa shape index (κ1) is 19.6. The Balaban J connectivity index is 1.35. The van der Waals surface area contributed by atoms with Gasteiger partial charge in [0, 0.05) is 29.9 Å². The summed E-state index contributed by atoms with van der Waals surface area (Å²) in [6.07, 6.45) is 9.10. The third-order valence-corrected chi connectivity index (χ3v) is 7.07. The van der Waals surface area contributed by atoms with Crippen molar-refractivity contribution in [2.75, 3.05) is 20.8 Å². The van der Waals surface area contributed by atoms with Gasteiger partial charge >= 0.3 is 6.09 Å². The number of hydrogen-bond donors (Lipinski definition) is 1. The van der Waals surface area contributed by atoms with Crippen LogP contribution >= 0.6 is 0 Å². The van der Waals surface area contributed by atoms with E-state index in [1.165, 1.54) is 13.5 Å². The smallest absolute Gasteiger partial charge is 0.410 e. The van der Waals surface area contributed by atoms with Crippen LogP contribution in [-0.4, -0.2) is 66.0 Å². The molecule has 0 spiro atoms. The maximum atomic E-state index is 12.2. The Kier molecular flexibility index (Phi) is 5.31. The highest BCUT2D eigenvalue weighted by Gasteiger charge is 2.60. The minimum Gasteiger partial charge on any atom is -0.453 e. The molecule has 4 rings (SSSR count). The summed E-state index contributed by atoms with van der Waals surface area (Å²) in [5.41, 5.74) is 1.29. The lowest BCUT2D eigenvalue weighted by Crippen LogP contribution is -2.48. The second kappa shape index (κ2) is 7.59. The van der Waals surface area contributed by atoms with Crippen molar-refractivity contribution in [1.29, 1.82) is 0 Å². The highest BCUT2D eigenvalue weighted by Crippen LogP contribution is 2.61. The quantitative estimate of drug-likeness (QED) is 0.835. The van der Waals surface area contributed by atoms with Crippen molar-refractivity contribution >= 4 is 6.09 Å². The molecule has 6 unspecified atom stereocenters. The van der Waals surface area contributed by atoms with Gasteiger partial charge in [0.2, 0.25) is 0 Å². The molecular formula is C21H32N4O3. The van der Waals surface area contributed by atoms with Crippen molar-refractivity contribution in [1.82, 2.24) is 20.2 Å². The lowest BCUT2D eigenvalue weighted by Gasteiger charge is -2.32. The Bertz CT molecular complexity index is 712. The van der Waals surface area contributed by atoms with Crippen molar-refractivity contribution in [3.05, 3.63) is 23.8 Å². The second-order valence-corrected chi connectivity index (χ2v) is 8.80. The van der Waals surface area contributed by atoms with Crippen LogP contribution in [0.1, 0.15) is 50.4 Å². The highest BCUT2D eigenvalue weighted by atomic mass is 16.5. The SMILES string of the molecule is CNC1CC(C)N(C(=O)OC)C1COC1CCC2(c3ncc(C)cn3)CC2C1. The standard InChI is InChI=1S/C21H32N4O3/c1-13-10-23-19(24-11-13)21-6-5-16(8-15(21)9-21)28-12-18-17(22-3)7-14(2)25(18)20(26)27-4/h10-11,14-18,22H,5-9,12H2,1-4H3. The Hall–Kier alpha value is -1.73. The summed E-state index contributed by atoms with van der Waals surface area (Å²) < 4.78 is 11.3. The van der Waals surface area contributed by atoms with Gasteiger partial charge in [-0.1, -0.05) is 0 Å². The molecule has 6 atom stereocenters. The van der Waals surface area contributed by atoms with Crippen molar-refractivity contribution in [2.45, 2.75) is 75.6 Å². The number of nitrogens with one attached hydrogen (secondary N) is 1. The molecule has 7 heteroatoms.